The van der Waals surface area contributed by atoms with Gasteiger partial charge in [0.25, 0.3) is 0 Å². The predicted octanol–water partition coefficient (Wildman–Crippen LogP) is 4.06. The van der Waals surface area contributed by atoms with E-state index in [0.717, 1.165) is 5.56 Å². The Bertz CT molecular complexity index is 656. The normalized spacial score (nSPS) is 10.3. The van der Waals surface area contributed by atoms with Crippen molar-refractivity contribution in [2.75, 3.05) is 0 Å². The highest BCUT2D eigenvalue weighted by molar-refractivity contribution is 6.30. The van der Waals surface area contributed by atoms with Crippen molar-refractivity contribution in [3.05, 3.63) is 63.9 Å². The Hall–Kier alpha value is -2.07. The lowest BCUT2D eigenvalue weighted by Gasteiger charge is -2.11. The van der Waals surface area contributed by atoms with Crippen LogP contribution in [0.2, 0.25) is 5.02 Å². The lowest BCUT2D eigenvalue weighted by Crippen LogP contribution is -2.05. The molecule has 3 nitrogen and oxygen atoms in total. The second kappa shape index (κ2) is 5.92. The van der Waals surface area contributed by atoms with Crippen LogP contribution in [0.25, 0.3) is 0 Å². The van der Waals surface area contributed by atoms with Gasteiger partial charge >= 0.3 is 5.97 Å². The predicted molar refractivity (Wildman–Crippen MR) is 73.9 cm³/mol. The fourth-order valence-electron chi connectivity index (χ4n) is 1.75. The largest absolute Gasteiger partial charge is 0.488 e. The third-order valence-electron chi connectivity index (χ3n) is 2.78. The molecule has 0 unspecified atom stereocenters. The van der Waals surface area contributed by atoms with E-state index in [4.69, 9.17) is 21.4 Å². The molecule has 0 aliphatic heterocycles. The zero-order chi connectivity index (χ0) is 14.7. The van der Waals surface area contributed by atoms with Gasteiger partial charge < -0.3 is 9.84 Å². The van der Waals surface area contributed by atoms with E-state index < -0.39 is 11.8 Å². The first kappa shape index (κ1) is 14.3. The van der Waals surface area contributed by atoms with Crippen molar-refractivity contribution in [2.45, 2.75) is 13.5 Å². The van der Waals surface area contributed by atoms with Gasteiger partial charge in [-0.1, -0.05) is 35.4 Å². The average Bonchev–Trinajstić information content (AvgIpc) is 2.41. The first-order valence-electron chi connectivity index (χ1n) is 5.88. The van der Waals surface area contributed by atoms with Gasteiger partial charge in [-0.3, -0.25) is 0 Å². The maximum atomic E-state index is 13.7. The van der Waals surface area contributed by atoms with Gasteiger partial charge in [0, 0.05) is 5.56 Å². The average molecular weight is 295 g/mol. The quantitative estimate of drug-likeness (QED) is 0.925. The molecule has 0 saturated heterocycles. The third-order valence-corrected chi connectivity index (χ3v) is 3.07. The van der Waals surface area contributed by atoms with E-state index in [-0.39, 0.29) is 28.5 Å². The zero-order valence-corrected chi connectivity index (χ0v) is 11.4. The highest BCUT2D eigenvalue weighted by Gasteiger charge is 2.13. The number of hydrogen-bond acceptors (Lipinski definition) is 2. The molecule has 0 aliphatic rings. The molecule has 0 heterocycles. The molecular formula is C15H12ClFO3. The van der Waals surface area contributed by atoms with E-state index in [1.807, 2.05) is 0 Å². The number of carbonyl (C=O) groups is 1. The van der Waals surface area contributed by atoms with Crippen molar-refractivity contribution in [2.24, 2.45) is 0 Å². The molecule has 2 aromatic rings. The fraction of sp³-hybridized carbons (Fsp3) is 0.133. The molecule has 2 aromatic carbocycles. The number of ether oxygens (including phenoxy) is 1. The molecule has 2 rings (SSSR count). The molecule has 0 bridgehead atoms. The second-order valence-electron chi connectivity index (χ2n) is 4.31. The third kappa shape index (κ3) is 3.08. The van der Waals surface area contributed by atoms with E-state index >= 15 is 0 Å². The molecule has 20 heavy (non-hydrogen) atoms. The van der Waals surface area contributed by atoms with Crippen molar-refractivity contribution >= 4 is 17.6 Å². The Morgan fingerprint density at radius 2 is 2.10 bits per heavy atom. The number of carboxylic acid groups (broad SMARTS) is 1. The minimum Gasteiger partial charge on any atom is -0.488 e. The monoisotopic (exact) mass is 294 g/mol. The van der Waals surface area contributed by atoms with Gasteiger partial charge in [-0.05, 0) is 25.1 Å². The first-order valence-corrected chi connectivity index (χ1v) is 6.26. The summed E-state index contributed by atoms with van der Waals surface area (Å²) in [6, 6.07) is 9.38. The number of aryl methyl sites for hydroxylation is 1. The lowest BCUT2D eigenvalue weighted by molar-refractivity contribution is 0.0691. The van der Waals surface area contributed by atoms with Crippen LogP contribution in [-0.4, -0.2) is 11.1 Å². The van der Waals surface area contributed by atoms with Crippen LogP contribution < -0.4 is 4.74 Å². The van der Waals surface area contributed by atoms with Crippen molar-refractivity contribution < 1.29 is 19.0 Å². The molecule has 0 aromatic heterocycles. The molecule has 5 heteroatoms. The van der Waals surface area contributed by atoms with Crippen LogP contribution >= 0.6 is 11.6 Å². The molecule has 0 atom stereocenters. The van der Waals surface area contributed by atoms with E-state index in [0.29, 0.717) is 0 Å². The van der Waals surface area contributed by atoms with Crippen molar-refractivity contribution in [1.82, 2.24) is 0 Å². The second-order valence-corrected chi connectivity index (χ2v) is 4.71. The van der Waals surface area contributed by atoms with Crippen LogP contribution in [0.1, 0.15) is 21.5 Å². The molecule has 0 radical (unpaired) electrons. The van der Waals surface area contributed by atoms with E-state index in [1.165, 1.54) is 18.2 Å². The molecule has 1 N–H and O–H groups in total. The SMILES string of the molecule is Cc1ccc(OCc2cccc(Cl)c2F)c(C(=O)O)c1. The summed E-state index contributed by atoms with van der Waals surface area (Å²) in [5.74, 6) is -1.45. The van der Waals surface area contributed by atoms with E-state index in [2.05, 4.69) is 0 Å². The first-order chi connectivity index (χ1) is 9.49. The number of rotatable bonds is 4. The van der Waals surface area contributed by atoms with Gasteiger partial charge in [-0.25, -0.2) is 9.18 Å². The standard InChI is InChI=1S/C15H12ClFO3/c1-9-5-6-13(11(7-9)15(18)19)20-8-10-3-2-4-12(16)14(10)17/h2-7H,8H2,1H3,(H,18,19). The van der Waals surface area contributed by atoms with Crippen LogP contribution in [0.4, 0.5) is 4.39 Å². The van der Waals surface area contributed by atoms with Crippen LogP contribution in [0.15, 0.2) is 36.4 Å². The van der Waals surface area contributed by atoms with Crippen molar-refractivity contribution in [3.63, 3.8) is 0 Å². The van der Waals surface area contributed by atoms with Crippen LogP contribution in [-0.2, 0) is 6.61 Å². The van der Waals surface area contributed by atoms with Gasteiger partial charge in [-0.15, -0.1) is 0 Å². The minimum atomic E-state index is -1.09. The number of benzene rings is 2. The van der Waals surface area contributed by atoms with Gasteiger partial charge in [-0.2, -0.15) is 0 Å². The minimum absolute atomic E-state index is 0.00784. The van der Waals surface area contributed by atoms with Gasteiger partial charge in [0.15, 0.2) is 0 Å². The molecule has 0 fully saturated rings. The maximum absolute atomic E-state index is 13.7. The summed E-state index contributed by atoms with van der Waals surface area (Å²) in [5.41, 5.74) is 1.13. The Balaban J connectivity index is 2.23. The molecule has 0 amide bonds. The summed E-state index contributed by atoms with van der Waals surface area (Å²) in [4.78, 5) is 11.1. The fourth-order valence-corrected chi connectivity index (χ4v) is 1.95. The Labute approximate surface area is 120 Å². The van der Waals surface area contributed by atoms with Crippen molar-refractivity contribution in [3.8, 4) is 5.75 Å². The molecular weight excluding hydrogens is 283 g/mol. The number of halogens is 2. The Morgan fingerprint density at radius 3 is 2.80 bits per heavy atom. The van der Waals surface area contributed by atoms with Crippen molar-refractivity contribution in [1.29, 1.82) is 0 Å². The summed E-state index contributed by atoms with van der Waals surface area (Å²) in [6.07, 6.45) is 0. The Kier molecular flexibility index (Phi) is 4.25. The highest BCUT2D eigenvalue weighted by Crippen LogP contribution is 2.23. The van der Waals surface area contributed by atoms with Gasteiger partial charge in [0.1, 0.15) is 23.7 Å². The van der Waals surface area contributed by atoms with Crippen LogP contribution in [0.5, 0.6) is 5.75 Å². The number of aromatic carboxylic acids is 1. The van der Waals surface area contributed by atoms with Gasteiger partial charge in [0.05, 0.1) is 5.02 Å². The maximum Gasteiger partial charge on any atom is 0.339 e. The number of carboxylic acids is 1. The Morgan fingerprint density at radius 1 is 1.35 bits per heavy atom. The summed E-state index contributed by atoms with van der Waals surface area (Å²) in [6.45, 7) is 1.70. The summed E-state index contributed by atoms with van der Waals surface area (Å²) < 4.78 is 19.1. The highest BCUT2D eigenvalue weighted by atomic mass is 35.5. The molecule has 104 valence electrons. The van der Waals surface area contributed by atoms with E-state index in [1.54, 1.807) is 25.1 Å². The van der Waals surface area contributed by atoms with Gasteiger partial charge in [0.2, 0.25) is 0 Å². The molecule has 0 spiro atoms. The molecule has 0 aliphatic carbocycles. The van der Waals surface area contributed by atoms with Crippen LogP contribution in [0.3, 0.4) is 0 Å². The lowest BCUT2D eigenvalue weighted by atomic mass is 10.1. The summed E-state index contributed by atoms with van der Waals surface area (Å²) in [7, 11) is 0. The van der Waals surface area contributed by atoms with Crippen LogP contribution in [0, 0.1) is 12.7 Å². The molecule has 0 saturated carbocycles. The van der Waals surface area contributed by atoms with E-state index in [9.17, 15) is 9.18 Å². The number of hydrogen-bond donors (Lipinski definition) is 1. The smallest absolute Gasteiger partial charge is 0.339 e. The zero-order valence-electron chi connectivity index (χ0n) is 10.7. The summed E-state index contributed by atoms with van der Waals surface area (Å²) >= 11 is 5.67. The summed E-state index contributed by atoms with van der Waals surface area (Å²) in [5, 5.41) is 9.12. The topological polar surface area (TPSA) is 46.5 Å².